The summed E-state index contributed by atoms with van der Waals surface area (Å²) in [7, 11) is 0. The third-order valence-corrected chi connectivity index (χ3v) is 2.90. The van der Waals surface area contributed by atoms with Gasteiger partial charge in [0.2, 0.25) is 5.91 Å². The number of hydrogen-bond acceptors (Lipinski definition) is 3. The lowest BCUT2D eigenvalue weighted by atomic mass is 10.2. The molecule has 0 radical (unpaired) electrons. The van der Waals surface area contributed by atoms with Gasteiger partial charge in [-0.15, -0.1) is 0 Å². The van der Waals surface area contributed by atoms with Gasteiger partial charge in [0.15, 0.2) is 0 Å². The summed E-state index contributed by atoms with van der Waals surface area (Å²) >= 11 is 0. The van der Waals surface area contributed by atoms with E-state index < -0.39 is 0 Å². The normalized spacial score (nSPS) is 27.7. The Labute approximate surface area is 92.0 Å². The largest absolute Gasteiger partial charge is 0.355 e. The van der Waals surface area contributed by atoms with E-state index in [1.807, 2.05) is 13.8 Å². The molecule has 0 aromatic rings. The molecular weight excluding hydrogens is 190 g/mol. The zero-order valence-corrected chi connectivity index (χ0v) is 9.75. The highest BCUT2D eigenvalue weighted by atomic mass is 16.2. The Morgan fingerprint density at radius 1 is 1.53 bits per heavy atom. The summed E-state index contributed by atoms with van der Waals surface area (Å²) in [5.41, 5.74) is 5.82. The highest BCUT2D eigenvalue weighted by Gasteiger charge is 2.24. The molecule has 1 rings (SSSR count). The third-order valence-electron chi connectivity index (χ3n) is 2.90. The van der Waals surface area contributed by atoms with Crippen LogP contribution in [0.25, 0.3) is 0 Å². The summed E-state index contributed by atoms with van der Waals surface area (Å²) in [6, 6.07) is 0.627. The van der Waals surface area contributed by atoms with Crippen molar-refractivity contribution in [3.63, 3.8) is 0 Å². The predicted octanol–water partition coefficient (Wildman–Crippen LogP) is 0.371. The van der Waals surface area contributed by atoms with Gasteiger partial charge in [0.05, 0.1) is 6.04 Å². The molecule has 0 aromatic carbocycles. The Morgan fingerprint density at radius 2 is 2.27 bits per heavy atom. The molecule has 1 fully saturated rings. The van der Waals surface area contributed by atoms with E-state index in [4.69, 9.17) is 5.73 Å². The van der Waals surface area contributed by atoms with Gasteiger partial charge in [-0.1, -0.05) is 6.92 Å². The Kier molecular flexibility index (Phi) is 5.05. The highest BCUT2D eigenvalue weighted by molar-refractivity contribution is 5.81. The minimum atomic E-state index is -0.105. The molecule has 4 N–H and O–H groups in total. The van der Waals surface area contributed by atoms with Crippen LogP contribution in [0.15, 0.2) is 0 Å². The zero-order chi connectivity index (χ0) is 11.3. The Balaban J connectivity index is 2.22. The van der Waals surface area contributed by atoms with Gasteiger partial charge in [-0.25, -0.2) is 0 Å². The molecule has 0 spiro atoms. The second-order valence-corrected chi connectivity index (χ2v) is 4.45. The molecule has 1 amide bonds. The second kappa shape index (κ2) is 6.08. The van der Waals surface area contributed by atoms with E-state index in [1.165, 1.54) is 0 Å². The lowest BCUT2D eigenvalue weighted by Crippen LogP contribution is -2.46. The second-order valence-electron chi connectivity index (χ2n) is 4.45. The minimum Gasteiger partial charge on any atom is -0.355 e. The van der Waals surface area contributed by atoms with E-state index in [-0.39, 0.29) is 11.9 Å². The number of carbonyl (C=O) groups is 1. The van der Waals surface area contributed by atoms with Crippen molar-refractivity contribution in [2.24, 2.45) is 5.73 Å². The van der Waals surface area contributed by atoms with Crippen LogP contribution in [0.2, 0.25) is 0 Å². The SMILES string of the molecule is CCCNC(=O)C(C)NC1CCC(N)C1. The number of rotatable bonds is 5. The van der Waals surface area contributed by atoms with E-state index >= 15 is 0 Å². The maximum Gasteiger partial charge on any atom is 0.236 e. The van der Waals surface area contributed by atoms with E-state index in [0.717, 1.165) is 32.2 Å². The average molecular weight is 213 g/mol. The summed E-state index contributed by atoms with van der Waals surface area (Å²) in [4.78, 5) is 11.6. The van der Waals surface area contributed by atoms with Gasteiger partial charge < -0.3 is 16.4 Å². The number of hydrogen-bond donors (Lipinski definition) is 3. The van der Waals surface area contributed by atoms with Crippen LogP contribution in [0, 0.1) is 0 Å². The van der Waals surface area contributed by atoms with Crippen molar-refractivity contribution in [2.45, 2.75) is 57.7 Å². The quantitative estimate of drug-likeness (QED) is 0.618. The van der Waals surface area contributed by atoms with Gasteiger partial charge in [-0.05, 0) is 32.6 Å². The Bertz CT molecular complexity index is 208. The monoisotopic (exact) mass is 213 g/mol. The third kappa shape index (κ3) is 4.18. The van der Waals surface area contributed by atoms with Crippen LogP contribution in [-0.4, -0.2) is 30.6 Å². The van der Waals surface area contributed by atoms with E-state index in [1.54, 1.807) is 0 Å². The number of amides is 1. The van der Waals surface area contributed by atoms with E-state index in [9.17, 15) is 4.79 Å². The van der Waals surface area contributed by atoms with Crippen LogP contribution >= 0.6 is 0 Å². The van der Waals surface area contributed by atoms with Gasteiger partial charge in [-0.2, -0.15) is 0 Å². The number of carbonyl (C=O) groups excluding carboxylic acids is 1. The van der Waals surface area contributed by atoms with Gasteiger partial charge in [0, 0.05) is 18.6 Å². The molecule has 88 valence electrons. The molecule has 15 heavy (non-hydrogen) atoms. The van der Waals surface area contributed by atoms with E-state index in [2.05, 4.69) is 10.6 Å². The first kappa shape index (κ1) is 12.5. The van der Waals surface area contributed by atoms with Crippen LogP contribution in [0.5, 0.6) is 0 Å². The first-order valence-electron chi connectivity index (χ1n) is 5.92. The molecular formula is C11H23N3O. The zero-order valence-electron chi connectivity index (χ0n) is 9.75. The van der Waals surface area contributed by atoms with Crippen LogP contribution in [0.1, 0.15) is 39.5 Å². The van der Waals surface area contributed by atoms with Gasteiger partial charge in [-0.3, -0.25) is 4.79 Å². The first-order chi connectivity index (χ1) is 7.13. The molecule has 0 heterocycles. The van der Waals surface area contributed by atoms with E-state index in [0.29, 0.717) is 12.1 Å². The molecule has 3 atom stereocenters. The number of nitrogens with one attached hydrogen (secondary N) is 2. The van der Waals surface area contributed by atoms with Crippen molar-refractivity contribution in [1.82, 2.24) is 10.6 Å². The van der Waals surface area contributed by atoms with Crippen molar-refractivity contribution >= 4 is 5.91 Å². The molecule has 1 aliphatic rings. The molecule has 0 aliphatic heterocycles. The van der Waals surface area contributed by atoms with Crippen molar-refractivity contribution < 1.29 is 4.79 Å². The molecule has 0 saturated heterocycles. The van der Waals surface area contributed by atoms with Crippen LogP contribution < -0.4 is 16.4 Å². The van der Waals surface area contributed by atoms with Crippen molar-refractivity contribution in [2.75, 3.05) is 6.54 Å². The maximum atomic E-state index is 11.6. The van der Waals surface area contributed by atoms with Gasteiger partial charge >= 0.3 is 0 Å². The maximum absolute atomic E-state index is 11.6. The number of nitrogens with two attached hydrogens (primary N) is 1. The highest BCUT2D eigenvalue weighted by Crippen LogP contribution is 2.17. The summed E-state index contributed by atoms with van der Waals surface area (Å²) < 4.78 is 0. The predicted molar refractivity (Wildman–Crippen MR) is 61.5 cm³/mol. The smallest absolute Gasteiger partial charge is 0.236 e. The summed E-state index contributed by atoms with van der Waals surface area (Å²) in [6.45, 7) is 4.72. The van der Waals surface area contributed by atoms with Gasteiger partial charge in [0.25, 0.3) is 0 Å². The Hall–Kier alpha value is -0.610. The van der Waals surface area contributed by atoms with Crippen LogP contribution in [0.3, 0.4) is 0 Å². The molecule has 1 saturated carbocycles. The fourth-order valence-electron chi connectivity index (χ4n) is 2.00. The fraction of sp³-hybridized carbons (Fsp3) is 0.909. The lowest BCUT2D eigenvalue weighted by Gasteiger charge is -2.18. The summed E-state index contributed by atoms with van der Waals surface area (Å²) in [5.74, 6) is 0.0947. The first-order valence-corrected chi connectivity index (χ1v) is 5.92. The van der Waals surface area contributed by atoms with Gasteiger partial charge in [0.1, 0.15) is 0 Å². The molecule has 0 bridgehead atoms. The topological polar surface area (TPSA) is 67.2 Å². The molecule has 0 aromatic heterocycles. The van der Waals surface area contributed by atoms with Crippen molar-refractivity contribution in [3.05, 3.63) is 0 Å². The fourth-order valence-corrected chi connectivity index (χ4v) is 2.00. The van der Waals surface area contributed by atoms with Crippen molar-refractivity contribution in [3.8, 4) is 0 Å². The summed E-state index contributed by atoms with van der Waals surface area (Å²) in [6.07, 6.45) is 4.13. The molecule has 4 heteroatoms. The lowest BCUT2D eigenvalue weighted by molar-refractivity contribution is -0.122. The van der Waals surface area contributed by atoms with Crippen molar-refractivity contribution in [1.29, 1.82) is 0 Å². The average Bonchev–Trinajstić information content (AvgIpc) is 2.60. The Morgan fingerprint density at radius 3 is 2.80 bits per heavy atom. The minimum absolute atomic E-state index is 0.0947. The molecule has 1 aliphatic carbocycles. The van der Waals surface area contributed by atoms with Crippen LogP contribution in [-0.2, 0) is 4.79 Å². The van der Waals surface area contributed by atoms with Crippen LogP contribution in [0.4, 0.5) is 0 Å². The standard InChI is InChI=1S/C11H23N3O/c1-3-6-13-11(15)8(2)14-10-5-4-9(12)7-10/h8-10,14H,3-7,12H2,1-2H3,(H,13,15). The summed E-state index contributed by atoms with van der Waals surface area (Å²) in [5, 5.41) is 6.21. The molecule has 4 nitrogen and oxygen atoms in total. The molecule has 3 unspecified atom stereocenters.